The second-order valence-electron chi connectivity index (χ2n) is 5.00. The summed E-state index contributed by atoms with van der Waals surface area (Å²) < 4.78 is 5.25. The standard InChI is InChI=1S/C14H22N2O2S/c1-16-7-4-12(5-8-16)14(17)15-6-10-19-11-13-3-2-9-18-13/h2-3,9,12H,4-8,10-11H2,1H3,(H,15,17). The van der Waals surface area contributed by atoms with E-state index in [0.717, 1.165) is 49.7 Å². The van der Waals surface area contributed by atoms with Crippen molar-refractivity contribution in [2.45, 2.75) is 18.6 Å². The Morgan fingerprint density at radius 3 is 3.00 bits per heavy atom. The third-order valence-electron chi connectivity index (χ3n) is 3.46. The van der Waals surface area contributed by atoms with E-state index >= 15 is 0 Å². The molecule has 19 heavy (non-hydrogen) atoms. The first-order chi connectivity index (χ1) is 9.25. The van der Waals surface area contributed by atoms with Gasteiger partial charge in [-0.1, -0.05) is 0 Å². The number of nitrogens with zero attached hydrogens (tertiary/aromatic N) is 1. The van der Waals surface area contributed by atoms with Crippen LogP contribution in [0, 0.1) is 5.92 Å². The lowest BCUT2D eigenvalue weighted by molar-refractivity contribution is -0.126. The van der Waals surface area contributed by atoms with Gasteiger partial charge in [0.05, 0.1) is 12.0 Å². The Balaban J connectivity index is 1.54. The van der Waals surface area contributed by atoms with Gasteiger partial charge in [-0.05, 0) is 45.1 Å². The predicted octanol–water partition coefficient (Wildman–Crippen LogP) is 1.97. The molecule has 1 aliphatic heterocycles. The van der Waals surface area contributed by atoms with Gasteiger partial charge in [0.25, 0.3) is 0 Å². The maximum absolute atomic E-state index is 11.9. The van der Waals surface area contributed by atoms with Gasteiger partial charge >= 0.3 is 0 Å². The van der Waals surface area contributed by atoms with Gasteiger partial charge in [-0.2, -0.15) is 11.8 Å². The quantitative estimate of drug-likeness (QED) is 0.810. The zero-order chi connectivity index (χ0) is 13.5. The second kappa shape index (κ2) is 7.60. The minimum absolute atomic E-state index is 0.214. The van der Waals surface area contributed by atoms with Gasteiger partial charge in [0.2, 0.25) is 5.91 Å². The number of carbonyl (C=O) groups is 1. The Labute approximate surface area is 118 Å². The number of piperidine rings is 1. The monoisotopic (exact) mass is 282 g/mol. The van der Waals surface area contributed by atoms with Gasteiger partial charge in [0, 0.05) is 18.2 Å². The summed E-state index contributed by atoms with van der Waals surface area (Å²) in [5, 5.41) is 3.04. The van der Waals surface area contributed by atoms with Crippen LogP contribution in [0.1, 0.15) is 18.6 Å². The Morgan fingerprint density at radius 1 is 1.53 bits per heavy atom. The molecule has 0 saturated carbocycles. The van der Waals surface area contributed by atoms with E-state index in [0.29, 0.717) is 0 Å². The minimum atomic E-state index is 0.214. The Bertz CT molecular complexity index is 373. The Kier molecular flexibility index (Phi) is 5.79. The summed E-state index contributed by atoms with van der Waals surface area (Å²) in [4.78, 5) is 14.2. The molecule has 2 heterocycles. The van der Waals surface area contributed by atoms with E-state index in [9.17, 15) is 4.79 Å². The Hall–Kier alpha value is -0.940. The molecule has 0 aromatic carbocycles. The van der Waals surface area contributed by atoms with E-state index in [2.05, 4.69) is 17.3 Å². The van der Waals surface area contributed by atoms with E-state index in [1.807, 2.05) is 12.1 Å². The number of hydrogen-bond acceptors (Lipinski definition) is 4. The lowest BCUT2D eigenvalue weighted by Crippen LogP contribution is -2.39. The molecule has 2 rings (SSSR count). The van der Waals surface area contributed by atoms with Crippen LogP contribution in [0.3, 0.4) is 0 Å². The first-order valence-electron chi connectivity index (χ1n) is 6.82. The molecule has 0 bridgehead atoms. The molecule has 5 heteroatoms. The van der Waals surface area contributed by atoms with Gasteiger partial charge in [0.1, 0.15) is 5.76 Å². The van der Waals surface area contributed by atoms with E-state index in [1.165, 1.54) is 0 Å². The SMILES string of the molecule is CN1CCC(C(=O)NCCSCc2ccco2)CC1. The first kappa shape index (κ1) is 14.5. The van der Waals surface area contributed by atoms with Crippen molar-refractivity contribution in [1.29, 1.82) is 0 Å². The molecule has 0 radical (unpaired) electrons. The molecule has 0 atom stereocenters. The van der Waals surface area contributed by atoms with Crippen molar-refractivity contribution in [3.63, 3.8) is 0 Å². The molecule has 0 spiro atoms. The summed E-state index contributed by atoms with van der Waals surface area (Å²) in [5.41, 5.74) is 0. The molecular formula is C14H22N2O2S. The average molecular weight is 282 g/mol. The van der Waals surface area contributed by atoms with E-state index in [1.54, 1.807) is 18.0 Å². The highest BCUT2D eigenvalue weighted by atomic mass is 32.2. The van der Waals surface area contributed by atoms with Gasteiger partial charge in [-0.15, -0.1) is 0 Å². The molecule has 1 aromatic rings. The van der Waals surface area contributed by atoms with Gasteiger partial charge in [-0.25, -0.2) is 0 Å². The molecule has 1 fully saturated rings. The molecule has 106 valence electrons. The highest BCUT2D eigenvalue weighted by Crippen LogP contribution is 2.16. The van der Waals surface area contributed by atoms with Crippen LogP contribution in [0.4, 0.5) is 0 Å². The smallest absolute Gasteiger partial charge is 0.223 e. The van der Waals surface area contributed by atoms with Crippen molar-refractivity contribution < 1.29 is 9.21 Å². The topological polar surface area (TPSA) is 45.5 Å². The van der Waals surface area contributed by atoms with Gasteiger partial charge in [-0.3, -0.25) is 4.79 Å². The van der Waals surface area contributed by atoms with Crippen LogP contribution in [-0.2, 0) is 10.5 Å². The third-order valence-corrected chi connectivity index (χ3v) is 4.44. The second-order valence-corrected chi connectivity index (χ2v) is 6.11. The van der Waals surface area contributed by atoms with Crippen LogP contribution in [-0.4, -0.2) is 43.2 Å². The summed E-state index contributed by atoms with van der Waals surface area (Å²) in [6.45, 7) is 2.81. The zero-order valence-corrected chi connectivity index (χ0v) is 12.2. The first-order valence-corrected chi connectivity index (χ1v) is 7.97. The van der Waals surface area contributed by atoms with Crippen molar-refractivity contribution >= 4 is 17.7 Å². The maximum Gasteiger partial charge on any atom is 0.223 e. The average Bonchev–Trinajstić information content (AvgIpc) is 2.92. The number of carbonyl (C=O) groups excluding carboxylic acids is 1. The van der Waals surface area contributed by atoms with Gasteiger partial charge < -0.3 is 14.6 Å². The summed E-state index contributed by atoms with van der Waals surface area (Å²) in [6.07, 6.45) is 3.67. The highest BCUT2D eigenvalue weighted by molar-refractivity contribution is 7.98. The predicted molar refractivity (Wildman–Crippen MR) is 78.1 cm³/mol. The highest BCUT2D eigenvalue weighted by Gasteiger charge is 2.22. The van der Waals surface area contributed by atoms with Crippen molar-refractivity contribution in [1.82, 2.24) is 10.2 Å². The molecule has 0 unspecified atom stereocenters. The normalized spacial score (nSPS) is 17.5. The Morgan fingerprint density at radius 2 is 2.32 bits per heavy atom. The van der Waals surface area contributed by atoms with Crippen LogP contribution in [0.2, 0.25) is 0 Å². The molecule has 4 nitrogen and oxygen atoms in total. The van der Waals surface area contributed by atoms with Crippen molar-refractivity contribution in [2.24, 2.45) is 5.92 Å². The number of hydrogen-bond donors (Lipinski definition) is 1. The summed E-state index contributed by atoms with van der Waals surface area (Å²) in [7, 11) is 2.11. The third kappa shape index (κ3) is 4.91. The molecule has 1 aromatic heterocycles. The lowest BCUT2D eigenvalue weighted by atomic mass is 9.96. The summed E-state index contributed by atoms with van der Waals surface area (Å²) in [5.74, 6) is 3.24. The van der Waals surface area contributed by atoms with Crippen LogP contribution >= 0.6 is 11.8 Å². The zero-order valence-electron chi connectivity index (χ0n) is 11.4. The lowest BCUT2D eigenvalue weighted by Gasteiger charge is -2.28. The fraction of sp³-hybridized carbons (Fsp3) is 0.643. The molecule has 1 aliphatic rings. The van der Waals surface area contributed by atoms with Crippen LogP contribution in [0.15, 0.2) is 22.8 Å². The van der Waals surface area contributed by atoms with Gasteiger partial charge in [0.15, 0.2) is 0 Å². The summed E-state index contributed by atoms with van der Waals surface area (Å²) in [6, 6.07) is 3.88. The summed E-state index contributed by atoms with van der Waals surface area (Å²) >= 11 is 1.78. The van der Waals surface area contributed by atoms with Crippen LogP contribution < -0.4 is 5.32 Å². The minimum Gasteiger partial charge on any atom is -0.468 e. The number of amides is 1. The molecule has 1 amide bonds. The largest absolute Gasteiger partial charge is 0.468 e. The number of rotatable bonds is 6. The molecular weight excluding hydrogens is 260 g/mol. The number of nitrogens with one attached hydrogen (secondary N) is 1. The molecule has 0 aliphatic carbocycles. The van der Waals surface area contributed by atoms with Crippen molar-refractivity contribution in [2.75, 3.05) is 32.4 Å². The number of thioether (sulfide) groups is 1. The maximum atomic E-state index is 11.9. The van der Waals surface area contributed by atoms with Crippen molar-refractivity contribution in [3.8, 4) is 0 Å². The van der Waals surface area contributed by atoms with E-state index in [4.69, 9.17) is 4.42 Å². The van der Waals surface area contributed by atoms with E-state index < -0.39 is 0 Å². The fourth-order valence-corrected chi connectivity index (χ4v) is 2.99. The van der Waals surface area contributed by atoms with Crippen LogP contribution in [0.25, 0.3) is 0 Å². The molecule has 1 N–H and O–H groups in total. The fourth-order valence-electron chi connectivity index (χ4n) is 2.23. The number of furan rings is 1. The van der Waals surface area contributed by atoms with Crippen LogP contribution in [0.5, 0.6) is 0 Å². The van der Waals surface area contributed by atoms with E-state index in [-0.39, 0.29) is 11.8 Å². The number of likely N-dealkylation sites (tertiary alicyclic amines) is 1. The molecule has 1 saturated heterocycles. The van der Waals surface area contributed by atoms with Crippen molar-refractivity contribution in [3.05, 3.63) is 24.2 Å².